The second-order valence-corrected chi connectivity index (χ2v) is 4.62. The standard InChI is InChI=1S/C16H17N3O2/c1-11(19-16(20)15-10-18-21-12(15)2)14-7-5-13(6-8-14)4-3-9-17/h5-8,10-11H,9,17H2,1-2H3,(H,19,20). The van der Waals surface area contributed by atoms with E-state index in [9.17, 15) is 4.79 Å². The van der Waals surface area contributed by atoms with Gasteiger partial charge in [0.2, 0.25) is 0 Å². The highest BCUT2D eigenvalue weighted by molar-refractivity contribution is 5.94. The largest absolute Gasteiger partial charge is 0.361 e. The van der Waals surface area contributed by atoms with Gasteiger partial charge < -0.3 is 15.6 Å². The molecule has 0 aliphatic rings. The van der Waals surface area contributed by atoms with Gasteiger partial charge in [0.1, 0.15) is 11.3 Å². The molecule has 0 aliphatic heterocycles. The molecule has 5 heteroatoms. The number of aromatic nitrogens is 1. The van der Waals surface area contributed by atoms with Gasteiger partial charge >= 0.3 is 0 Å². The van der Waals surface area contributed by atoms with E-state index in [-0.39, 0.29) is 11.9 Å². The van der Waals surface area contributed by atoms with Crippen LogP contribution in [0.5, 0.6) is 0 Å². The highest BCUT2D eigenvalue weighted by atomic mass is 16.5. The Morgan fingerprint density at radius 1 is 1.43 bits per heavy atom. The maximum atomic E-state index is 12.1. The van der Waals surface area contributed by atoms with Crippen molar-refractivity contribution in [3.05, 3.63) is 52.9 Å². The Morgan fingerprint density at radius 3 is 2.71 bits per heavy atom. The van der Waals surface area contributed by atoms with Gasteiger partial charge in [-0.05, 0) is 31.5 Å². The molecule has 0 spiro atoms. The van der Waals surface area contributed by atoms with Crippen LogP contribution in [0.1, 0.15) is 40.2 Å². The fourth-order valence-corrected chi connectivity index (χ4v) is 1.88. The van der Waals surface area contributed by atoms with E-state index >= 15 is 0 Å². The lowest BCUT2D eigenvalue weighted by Gasteiger charge is -2.13. The second kappa shape index (κ2) is 6.73. The number of nitrogens with two attached hydrogens (primary N) is 1. The Balaban J connectivity index is 2.05. The van der Waals surface area contributed by atoms with E-state index in [2.05, 4.69) is 22.3 Å². The maximum absolute atomic E-state index is 12.1. The Labute approximate surface area is 123 Å². The fraction of sp³-hybridized carbons (Fsp3) is 0.250. The third kappa shape index (κ3) is 3.71. The zero-order valence-corrected chi connectivity index (χ0v) is 12.0. The Morgan fingerprint density at radius 2 is 2.14 bits per heavy atom. The Kier molecular flexibility index (Phi) is 4.75. The molecule has 0 bridgehead atoms. The van der Waals surface area contributed by atoms with E-state index < -0.39 is 0 Å². The van der Waals surface area contributed by atoms with Crippen LogP contribution in [0.4, 0.5) is 0 Å². The predicted molar refractivity (Wildman–Crippen MR) is 79.5 cm³/mol. The average molecular weight is 283 g/mol. The van der Waals surface area contributed by atoms with Crippen molar-refractivity contribution < 1.29 is 9.32 Å². The van der Waals surface area contributed by atoms with Crippen LogP contribution in [0.3, 0.4) is 0 Å². The summed E-state index contributed by atoms with van der Waals surface area (Å²) in [6.45, 7) is 3.96. The molecule has 5 nitrogen and oxygen atoms in total. The average Bonchev–Trinajstić information content (AvgIpc) is 2.91. The molecule has 1 atom stereocenters. The number of benzene rings is 1. The Hall–Kier alpha value is -2.58. The maximum Gasteiger partial charge on any atom is 0.256 e. The minimum atomic E-state index is -0.201. The van der Waals surface area contributed by atoms with Crippen LogP contribution in [0.15, 0.2) is 35.0 Å². The lowest BCUT2D eigenvalue weighted by Crippen LogP contribution is -2.26. The first kappa shape index (κ1) is 14.8. The number of nitrogens with zero attached hydrogens (tertiary/aromatic N) is 1. The van der Waals surface area contributed by atoms with E-state index in [1.54, 1.807) is 6.92 Å². The zero-order valence-electron chi connectivity index (χ0n) is 12.0. The lowest BCUT2D eigenvalue weighted by molar-refractivity contribution is 0.0938. The smallest absolute Gasteiger partial charge is 0.256 e. The fourth-order valence-electron chi connectivity index (χ4n) is 1.88. The number of carbonyl (C=O) groups is 1. The molecule has 2 aromatic rings. The zero-order chi connectivity index (χ0) is 15.2. The van der Waals surface area contributed by atoms with Crippen LogP contribution in [-0.4, -0.2) is 17.6 Å². The third-order valence-corrected chi connectivity index (χ3v) is 3.09. The summed E-state index contributed by atoms with van der Waals surface area (Å²) in [6, 6.07) is 7.57. The lowest BCUT2D eigenvalue weighted by atomic mass is 10.1. The molecule has 1 heterocycles. The van der Waals surface area contributed by atoms with Crippen LogP contribution >= 0.6 is 0 Å². The van der Waals surface area contributed by atoms with Crippen LogP contribution in [0.25, 0.3) is 0 Å². The van der Waals surface area contributed by atoms with E-state index in [1.807, 2.05) is 31.2 Å². The van der Waals surface area contributed by atoms with E-state index in [0.717, 1.165) is 11.1 Å². The van der Waals surface area contributed by atoms with Gasteiger partial charge in [-0.25, -0.2) is 0 Å². The third-order valence-electron chi connectivity index (χ3n) is 3.09. The van der Waals surface area contributed by atoms with Crippen molar-refractivity contribution in [2.75, 3.05) is 6.54 Å². The number of aryl methyl sites for hydroxylation is 1. The molecule has 0 aliphatic carbocycles. The van der Waals surface area contributed by atoms with E-state index in [4.69, 9.17) is 10.3 Å². The first-order chi connectivity index (χ1) is 10.1. The molecule has 1 aromatic carbocycles. The predicted octanol–water partition coefficient (Wildman–Crippen LogP) is 1.78. The number of rotatable bonds is 3. The van der Waals surface area contributed by atoms with Crippen LogP contribution in [0.2, 0.25) is 0 Å². The van der Waals surface area contributed by atoms with E-state index in [0.29, 0.717) is 17.9 Å². The molecule has 0 radical (unpaired) electrons. The van der Waals surface area contributed by atoms with Gasteiger partial charge in [0.05, 0.1) is 18.8 Å². The van der Waals surface area contributed by atoms with Crippen molar-refractivity contribution in [3.63, 3.8) is 0 Å². The number of nitrogens with one attached hydrogen (secondary N) is 1. The topological polar surface area (TPSA) is 81.2 Å². The summed E-state index contributed by atoms with van der Waals surface area (Å²) >= 11 is 0. The molecule has 3 N–H and O–H groups in total. The molecular formula is C16H17N3O2. The van der Waals surface area contributed by atoms with Gasteiger partial charge in [0, 0.05) is 5.56 Å². The summed E-state index contributed by atoms with van der Waals surface area (Å²) in [4.78, 5) is 12.1. The summed E-state index contributed by atoms with van der Waals surface area (Å²) in [5, 5.41) is 6.51. The normalized spacial score (nSPS) is 11.4. The molecule has 1 aromatic heterocycles. The summed E-state index contributed by atoms with van der Waals surface area (Å²) in [5.41, 5.74) is 7.68. The summed E-state index contributed by atoms with van der Waals surface area (Å²) in [6.07, 6.45) is 1.42. The summed E-state index contributed by atoms with van der Waals surface area (Å²) in [7, 11) is 0. The first-order valence-electron chi connectivity index (χ1n) is 6.63. The molecule has 108 valence electrons. The molecule has 1 unspecified atom stereocenters. The van der Waals surface area contributed by atoms with Crippen molar-refractivity contribution >= 4 is 5.91 Å². The monoisotopic (exact) mass is 283 g/mol. The Bertz CT molecular complexity index is 678. The SMILES string of the molecule is Cc1oncc1C(=O)NC(C)c1ccc(C#CCN)cc1. The van der Waals surface area contributed by atoms with Crippen molar-refractivity contribution in [2.45, 2.75) is 19.9 Å². The van der Waals surface area contributed by atoms with Crippen molar-refractivity contribution in [1.29, 1.82) is 0 Å². The van der Waals surface area contributed by atoms with Gasteiger partial charge in [-0.2, -0.15) is 0 Å². The van der Waals surface area contributed by atoms with Gasteiger partial charge in [0.15, 0.2) is 0 Å². The number of hydrogen-bond donors (Lipinski definition) is 2. The first-order valence-corrected chi connectivity index (χ1v) is 6.63. The van der Waals surface area contributed by atoms with Crippen molar-refractivity contribution in [1.82, 2.24) is 10.5 Å². The molecule has 2 rings (SSSR count). The number of amides is 1. The molecule has 0 fully saturated rings. The molecule has 0 saturated heterocycles. The molecule has 1 amide bonds. The van der Waals surface area contributed by atoms with Crippen LogP contribution < -0.4 is 11.1 Å². The van der Waals surface area contributed by atoms with Gasteiger partial charge in [-0.1, -0.05) is 29.1 Å². The second-order valence-electron chi connectivity index (χ2n) is 4.62. The minimum absolute atomic E-state index is 0.122. The minimum Gasteiger partial charge on any atom is -0.361 e. The summed E-state index contributed by atoms with van der Waals surface area (Å²) in [5.74, 6) is 6.06. The number of hydrogen-bond acceptors (Lipinski definition) is 4. The number of carbonyl (C=O) groups excluding carboxylic acids is 1. The van der Waals surface area contributed by atoms with Crippen LogP contribution in [-0.2, 0) is 0 Å². The van der Waals surface area contributed by atoms with Gasteiger partial charge in [0.25, 0.3) is 5.91 Å². The van der Waals surface area contributed by atoms with Gasteiger partial charge in [-0.15, -0.1) is 0 Å². The van der Waals surface area contributed by atoms with Crippen LogP contribution in [0, 0.1) is 18.8 Å². The molecular weight excluding hydrogens is 266 g/mol. The highest BCUT2D eigenvalue weighted by Gasteiger charge is 2.15. The van der Waals surface area contributed by atoms with E-state index in [1.165, 1.54) is 6.20 Å². The van der Waals surface area contributed by atoms with Crippen molar-refractivity contribution in [2.24, 2.45) is 5.73 Å². The highest BCUT2D eigenvalue weighted by Crippen LogP contribution is 2.15. The van der Waals surface area contributed by atoms with Gasteiger partial charge in [-0.3, -0.25) is 4.79 Å². The molecule has 0 saturated carbocycles. The summed E-state index contributed by atoms with van der Waals surface area (Å²) < 4.78 is 4.89. The molecule has 21 heavy (non-hydrogen) atoms. The quantitative estimate of drug-likeness (QED) is 0.841. The van der Waals surface area contributed by atoms with Crippen molar-refractivity contribution in [3.8, 4) is 11.8 Å².